The molecule has 18 heavy (non-hydrogen) atoms. The summed E-state index contributed by atoms with van der Waals surface area (Å²) in [6.45, 7) is 1.52. The van der Waals surface area contributed by atoms with Crippen LogP contribution in [0, 0.1) is 6.92 Å². The predicted octanol–water partition coefficient (Wildman–Crippen LogP) is -3.09. The van der Waals surface area contributed by atoms with Crippen molar-refractivity contribution in [3.63, 3.8) is 0 Å². The number of hydrogen-bond acceptors (Lipinski definition) is 4. The summed E-state index contributed by atoms with van der Waals surface area (Å²) in [5.41, 5.74) is -0.0604. The minimum Gasteiger partial charge on any atom is -0.545 e. The van der Waals surface area contributed by atoms with Crippen LogP contribution >= 0.6 is 0 Å². The second-order valence-corrected chi connectivity index (χ2v) is 3.50. The van der Waals surface area contributed by atoms with Crippen LogP contribution in [0.4, 0.5) is 0 Å². The number of para-hydroxylation sites is 1. The maximum absolute atomic E-state index is 11.4. The molecular formula is C12H9N2NaO3. The van der Waals surface area contributed by atoms with Gasteiger partial charge in [0.15, 0.2) is 0 Å². The fraction of sp³-hybridized carbons (Fsp3) is 0.0833. The first kappa shape index (κ1) is 14.6. The summed E-state index contributed by atoms with van der Waals surface area (Å²) in [6.07, 6.45) is 0.977. The quantitative estimate of drug-likeness (QED) is 0.531. The van der Waals surface area contributed by atoms with Crippen LogP contribution in [0.1, 0.15) is 16.1 Å². The Kier molecular flexibility index (Phi) is 4.84. The number of aromatic nitrogens is 2. The van der Waals surface area contributed by atoms with Crippen molar-refractivity contribution in [1.82, 2.24) is 9.78 Å². The van der Waals surface area contributed by atoms with E-state index in [-0.39, 0.29) is 40.8 Å². The van der Waals surface area contributed by atoms with Crippen molar-refractivity contribution < 1.29 is 39.5 Å². The molecule has 0 saturated heterocycles. The van der Waals surface area contributed by atoms with Crippen LogP contribution in [-0.4, -0.2) is 15.7 Å². The zero-order valence-corrected chi connectivity index (χ0v) is 12.1. The molecule has 0 unspecified atom stereocenters. The zero-order valence-electron chi connectivity index (χ0n) is 10.1. The molecule has 0 aliphatic rings. The van der Waals surface area contributed by atoms with E-state index in [1.54, 1.807) is 24.3 Å². The summed E-state index contributed by atoms with van der Waals surface area (Å²) in [5, 5.41) is 14.8. The van der Waals surface area contributed by atoms with Gasteiger partial charge in [-0.2, -0.15) is 5.10 Å². The Labute approximate surface area is 125 Å². The Bertz CT molecular complexity index is 623. The number of aromatic carboxylic acids is 1. The molecule has 1 aromatic heterocycles. The number of carboxylic acids is 1. The summed E-state index contributed by atoms with van der Waals surface area (Å²) >= 11 is 0. The minimum absolute atomic E-state index is 0. The summed E-state index contributed by atoms with van der Waals surface area (Å²) in [4.78, 5) is 22.2. The zero-order chi connectivity index (χ0) is 12.4. The predicted molar refractivity (Wildman–Crippen MR) is 58.9 cm³/mol. The Morgan fingerprint density at radius 2 is 1.89 bits per heavy atom. The molecule has 2 rings (SSSR count). The number of hydrogen-bond donors (Lipinski definition) is 0. The molecule has 86 valence electrons. The summed E-state index contributed by atoms with van der Waals surface area (Å²) in [6, 6.07) is 8.97. The maximum Gasteiger partial charge on any atom is 1.00 e. The molecule has 1 aromatic carbocycles. The topological polar surface area (TPSA) is 75.0 Å². The molecule has 0 atom stereocenters. The largest absolute Gasteiger partial charge is 1.00 e. The van der Waals surface area contributed by atoms with Gasteiger partial charge in [-0.05, 0) is 19.1 Å². The average Bonchev–Trinajstić information content (AvgIpc) is 2.30. The number of nitrogens with zero attached hydrogens (tertiary/aromatic N) is 2. The standard InChI is InChI=1S/C12H10N2O3.Na/c1-8-11(12(16)17)10(15)7-13-14(8)9-5-3-2-4-6-9;/h2-7H,1H3,(H,16,17);/q;+1/p-1. The number of rotatable bonds is 2. The van der Waals surface area contributed by atoms with Gasteiger partial charge in [-0.25, -0.2) is 4.68 Å². The number of carboxylic acid groups (broad SMARTS) is 1. The average molecular weight is 252 g/mol. The van der Waals surface area contributed by atoms with E-state index in [1.165, 1.54) is 11.6 Å². The van der Waals surface area contributed by atoms with Crippen LogP contribution in [0.15, 0.2) is 41.3 Å². The first-order chi connectivity index (χ1) is 8.11. The molecule has 0 saturated carbocycles. The van der Waals surface area contributed by atoms with Gasteiger partial charge < -0.3 is 9.90 Å². The van der Waals surface area contributed by atoms with Crippen molar-refractivity contribution in [2.45, 2.75) is 6.92 Å². The number of carbonyl (C=O) groups excluding carboxylic acids is 1. The maximum atomic E-state index is 11.4. The molecule has 0 N–H and O–H groups in total. The molecule has 0 spiro atoms. The smallest absolute Gasteiger partial charge is 0.545 e. The van der Waals surface area contributed by atoms with E-state index in [2.05, 4.69) is 5.10 Å². The van der Waals surface area contributed by atoms with Crippen LogP contribution < -0.4 is 40.1 Å². The molecule has 2 aromatic rings. The van der Waals surface area contributed by atoms with Gasteiger partial charge in [0.2, 0.25) is 5.43 Å². The van der Waals surface area contributed by atoms with Gasteiger partial charge in [-0.1, -0.05) is 18.2 Å². The van der Waals surface area contributed by atoms with E-state index in [0.29, 0.717) is 5.69 Å². The van der Waals surface area contributed by atoms with Crippen molar-refractivity contribution in [1.29, 1.82) is 0 Å². The Balaban J connectivity index is 0.00000162. The summed E-state index contributed by atoms with van der Waals surface area (Å²) in [5.74, 6) is -1.49. The van der Waals surface area contributed by atoms with Gasteiger partial charge in [0.05, 0.1) is 29.1 Å². The van der Waals surface area contributed by atoms with Gasteiger partial charge in [-0.3, -0.25) is 4.79 Å². The third-order valence-corrected chi connectivity index (χ3v) is 2.42. The molecule has 1 heterocycles. The van der Waals surface area contributed by atoms with Gasteiger partial charge in [0.1, 0.15) is 0 Å². The van der Waals surface area contributed by atoms with Crippen molar-refractivity contribution in [2.24, 2.45) is 0 Å². The van der Waals surface area contributed by atoms with E-state index in [1.807, 2.05) is 6.07 Å². The van der Waals surface area contributed by atoms with Gasteiger partial charge >= 0.3 is 29.6 Å². The molecule has 0 bridgehead atoms. The monoisotopic (exact) mass is 252 g/mol. The third kappa shape index (κ3) is 2.69. The third-order valence-electron chi connectivity index (χ3n) is 2.42. The Morgan fingerprint density at radius 1 is 1.28 bits per heavy atom. The van der Waals surface area contributed by atoms with E-state index >= 15 is 0 Å². The minimum atomic E-state index is -1.49. The molecule has 0 radical (unpaired) electrons. The fourth-order valence-corrected chi connectivity index (χ4v) is 1.62. The van der Waals surface area contributed by atoms with Crippen molar-refractivity contribution >= 4 is 5.97 Å². The van der Waals surface area contributed by atoms with E-state index < -0.39 is 11.4 Å². The molecule has 6 heteroatoms. The summed E-state index contributed by atoms with van der Waals surface area (Å²) in [7, 11) is 0. The molecule has 0 aliphatic heterocycles. The number of benzene rings is 1. The molecule has 0 amide bonds. The van der Waals surface area contributed by atoms with Crippen LogP contribution in [0.5, 0.6) is 0 Å². The van der Waals surface area contributed by atoms with Crippen molar-refractivity contribution in [3.8, 4) is 5.69 Å². The molecule has 0 fully saturated rings. The van der Waals surface area contributed by atoms with Gasteiger partial charge in [0, 0.05) is 0 Å². The van der Waals surface area contributed by atoms with E-state index in [9.17, 15) is 14.7 Å². The van der Waals surface area contributed by atoms with Crippen molar-refractivity contribution in [2.75, 3.05) is 0 Å². The van der Waals surface area contributed by atoms with Gasteiger partial charge in [0.25, 0.3) is 0 Å². The summed E-state index contributed by atoms with van der Waals surface area (Å²) < 4.78 is 1.40. The van der Waals surface area contributed by atoms with Crippen LogP contribution in [0.25, 0.3) is 5.69 Å². The van der Waals surface area contributed by atoms with Crippen LogP contribution in [0.3, 0.4) is 0 Å². The fourth-order valence-electron chi connectivity index (χ4n) is 1.62. The second kappa shape index (κ2) is 5.95. The van der Waals surface area contributed by atoms with Crippen molar-refractivity contribution in [3.05, 3.63) is 58.0 Å². The van der Waals surface area contributed by atoms with Crippen LogP contribution in [0.2, 0.25) is 0 Å². The normalized spacial score (nSPS) is 9.61. The first-order valence-corrected chi connectivity index (χ1v) is 4.97. The second-order valence-electron chi connectivity index (χ2n) is 3.50. The SMILES string of the molecule is Cc1c(C(=O)[O-])c(=O)cnn1-c1ccccc1.[Na+]. The number of carbonyl (C=O) groups is 1. The first-order valence-electron chi connectivity index (χ1n) is 4.97. The molecular weight excluding hydrogens is 243 g/mol. The Morgan fingerprint density at radius 3 is 2.44 bits per heavy atom. The van der Waals surface area contributed by atoms with Gasteiger partial charge in [-0.15, -0.1) is 0 Å². The molecule has 5 nitrogen and oxygen atoms in total. The molecule has 0 aliphatic carbocycles. The van der Waals surface area contributed by atoms with E-state index in [4.69, 9.17) is 0 Å². The van der Waals surface area contributed by atoms with E-state index in [0.717, 1.165) is 6.20 Å². The van der Waals surface area contributed by atoms with Crippen LogP contribution in [-0.2, 0) is 0 Å². The Hall–Kier alpha value is -1.43.